The minimum absolute atomic E-state index is 0.0545. The van der Waals surface area contributed by atoms with Crippen molar-refractivity contribution in [3.8, 4) is 0 Å². The predicted octanol–water partition coefficient (Wildman–Crippen LogP) is 4.96. The quantitative estimate of drug-likeness (QED) is 0.774. The molecule has 0 unspecified atom stereocenters. The molecule has 1 aromatic heterocycles. The Morgan fingerprint density at radius 2 is 2.04 bits per heavy atom. The smallest absolute Gasteiger partial charge is 0.409 e. The van der Waals surface area contributed by atoms with E-state index in [1.165, 1.54) is 30.1 Å². The third-order valence-corrected chi connectivity index (χ3v) is 5.44. The number of halogens is 2. The number of hydrogen-bond acceptors (Lipinski definition) is 3. The van der Waals surface area contributed by atoms with Gasteiger partial charge in [-0.25, -0.2) is 13.6 Å². The van der Waals surface area contributed by atoms with Crippen LogP contribution in [0.25, 0.3) is 10.1 Å². The number of carbonyl (C=O) groups is 1. The highest BCUT2D eigenvalue weighted by Crippen LogP contribution is 2.39. The number of ether oxygens (including phenoxy) is 1. The van der Waals surface area contributed by atoms with E-state index in [4.69, 9.17) is 4.74 Å². The van der Waals surface area contributed by atoms with Crippen LogP contribution < -0.4 is 0 Å². The van der Waals surface area contributed by atoms with E-state index in [0.29, 0.717) is 19.0 Å². The lowest BCUT2D eigenvalue weighted by Gasteiger charge is -2.30. The number of fused-ring (bicyclic) bond motifs is 1. The van der Waals surface area contributed by atoms with Gasteiger partial charge in [0.25, 0.3) is 5.92 Å². The zero-order valence-corrected chi connectivity index (χ0v) is 14.0. The van der Waals surface area contributed by atoms with Gasteiger partial charge in [-0.3, -0.25) is 0 Å². The number of amides is 1. The first kappa shape index (κ1) is 16.2. The van der Waals surface area contributed by atoms with Crippen molar-refractivity contribution >= 4 is 27.5 Å². The minimum atomic E-state index is -2.82. The van der Waals surface area contributed by atoms with Crippen LogP contribution in [-0.2, 0) is 10.7 Å². The highest BCUT2D eigenvalue weighted by molar-refractivity contribution is 7.17. The monoisotopic (exact) mass is 339 g/mol. The average molecular weight is 339 g/mol. The molecule has 23 heavy (non-hydrogen) atoms. The SMILES string of the molecule is COC(=O)N1CCC(c2csc3cc(C(C)(F)F)ccc23)CC1. The van der Waals surface area contributed by atoms with Crippen molar-refractivity contribution < 1.29 is 18.3 Å². The number of alkyl halides is 2. The topological polar surface area (TPSA) is 29.5 Å². The summed E-state index contributed by atoms with van der Waals surface area (Å²) in [7, 11) is 1.39. The summed E-state index contributed by atoms with van der Waals surface area (Å²) in [6, 6.07) is 4.91. The largest absolute Gasteiger partial charge is 0.453 e. The van der Waals surface area contributed by atoms with Gasteiger partial charge in [0.05, 0.1) is 7.11 Å². The van der Waals surface area contributed by atoms with Gasteiger partial charge in [0.2, 0.25) is 0 Å². The van der Waals surface area contributed by atoms with Gasteiger partial charge in [0.15, 0.2) is 0 Å². The molecule has 3 rings (SSSR count). The molecule has 0 aliphatic carbocycles. The van der Waals surface area contributed by atoms with Gasteiger partial charge in [-0.05, 0) is 41.2 Å². The Hall–Kier alpha value is -1.69. The number of benzene rings is 1. The number of nitrogens with zero attached hydrogens (tertiary/aromatic N) is 1. The maximum Gasteiger partial charge on any atom is 0.409 e. The van der Waals surface area contributed by atoms with Gasteiger partial charge < -0.3 is 9.64 Å². The molecule has 3 nitrogen and oxygen atoms in total. The van der Waals surface area contributed by atoms with Crippen molar-refractivity contribution in [3.63, 3.8) is 0 Å². The van der Waals surface area contributed by atoms with Crippen LogP contribution in [0.4, 0.5) is 13.6 Å². The predicted molar refractivity (Wildman–Crippen MR) is 87.3 cm³/mol. The summed E-state index contributed by atoms with van der Waals surface area (Å²) in [5.41, 5.74) is 1.26. The lowest BCUT2D eigenvalue weighted by atomic mass is 9.89. The molecule has 1 aliphatic heterocycles. The number of thiophene rings is 1. The van der Waals surface area contributed by atoms with Crippen LogP contribution in [0.5, 0.6) is 0 Å². The Morgan fingerprint density at radius 3 is 2.65 bits per heavy atom. The summed E-state index contributed by atoms with van der Waals surface area (Å²) in [6.45, 7) is 2.25. The summed E-state index contributed by atoms with van der Waals surface area (Å²) in [5, 5.41) is 3.13. The molecule has 1 aliphatic rings. The van der Waals surface area contributed by atoms with Gasteiger partial charge in [0, 0.05) is 30.3 Å². The second kappa shape index (κ2) is 6.07. The fourth-order valence-corrected chi connectivity index (χ4v) is 4.22. The van der Waals surface area contributed by atoms with Crippen LogP contribution in [0.2, 0.25) is 0 Å². The van der Waals surface area contributed by atoms with E-state index in [1.807, 2.05) is 0 Å². The Balaban J connectivity index is 1.81. The third-order valence-electron chi connectivity index (χ3n) is 4.48. The number of carbonyl (C=O) groups excluding carboxylic acids is 1. The van der Waals surface area contributed by atoms with Crippen molar-refractivity contribution in [1.29, 1.82) is 0 Å². The lowest BCUT2D eigenvalue weighted by Crippen LogP contribution is -2.37. The van der Waals surface area contributed by atoms with Gasteiger partial charge >= 0.3 is 6.09 Å². The van der Waals surface area contributed by atoms with Gasteiger partial charge in [-0.1, -0.05) is 12.1 Å². The van der Waals surface area contributed by atoms with Gasteiger partial charge in [0.1, 0.15) is 0 Å². The van der Waals surface area contributed by atoms with Gasteiger partial charge in [-0.2, -0.15) is 0 Å². The molecule has 1 fully saturated rings. The minimum Gasteiger partial charge on any atom is -0.453 e. The summed E-state index contributed by atoms with van der Waals surface area (Å²) >= 11 is 1.51. The first-order valence-electron chi connectivity index (χ1n) is 7.62. The second-order valence-corrected chi connectivity index (χ2v) is 6.93. The first-order valence-corrected chi connectivity index (χ1v) is 8.50. The molecule has 1 saturated heterocycles. The number of piperidine rings is 1. The Kier molecular flexibility index (Phi) is 4.27. The summed E-state index contributed by atoms with van der Waals surface area (Å²) < 4.78 is 32.5. The summed E-state index contributed by atoms with van der Waals surface area (Å²) in [5.74, 6) is -2.46. The maximum atomic E-state index is 13.5. The van der Waals surface area contributed by atoms with E-state index in [0.717, 1.165) is 29.9 Å². The molecule has 0 spiro atoms. The molecule has 2 aromatic rings. The normalized spacial score (nSPS) is 16.8. The molecular weight excluding hydrogens is 320 g/mol. The van der Waals surface area contributed by atoms with Crippen LogP contribution in [0.1, 0.15) is 36.8 Å². The van der Waals surface area contributed by atoms with Crippen molar-refractivity contribution in [2.75, 3.05) is 20.2 Å². The van der Waals surface area contributed by atoms with Crippen LogP contribution >= 0.6 is 11.3 Å². The van der Waals surface area contributed by atoms with E-state index in [1.54, 1.807) is 17.0 Å². The molecule has 0 radical (unpaired) electrons. The van der Waals surface area contributed by atoms with Crippen LogP contribution in [0.15, 0.2) is 23.6 Å². The molecule has 2 heterocycles. The Labute approximate surface area is 137 Å². The summed E-state index contributed by atoms with van der Waals surface area (Å²) in [6.07, 6.45) is 1.45. The van der Waals surface area contributed by atoms with Crippen LogP contribution in [-0.4, -0.2) is 31.2 Å². The Morgan fingerprint density at radius 1 is 1.35 bits per heavy atom. The van der Waals surface area contributed by atoms with Crippen LogP contribution in [0, 0.1) is 0 Å². The zero-order chi connectivity index (χ0) is 16.6. The van der Waals surface area contributed by atoms with E-state index < -0.39 is 5.92 Å². The fraction of sp³-hybridized carbons (Fsp3) is 0.471. The number of hydrogen-bond donors (Lipinski definition) is 0. The van der Waals surface area contributed by atoms with Crippen molar-refractivity contribution in [3.05, 3.63) is 34.7 Å². The summed E-state index contributed by atoms with van der Waals surface area (Å²) in [4.78, 5) is 13.2. The number of rotatable bonds is 2. The first-order chi connectivity index (χ1) is 10.9. The highest BCUT2D eigenvalue weighted by atomic mass is 32.1. The Bertz CT molecular complexity index is 715. The number of methoxy groups -OCH3 is 1. The maximum absolute atomic E-state index is 13.5. The molecule has 6 heteroatoms. The zero-order valence-electron chi connectivity index (χ0n) is 13.1. The molecule has 0 bridgehead atoms. The van der Waals surface area contributed by atoms with E-state index in [-0.39, 0.29) is 11.7 Å². The molecule has 0 saturated carbocycles. The molecule has 0 N–H and O–H groups in total. The fourth-order valence-electron chi connectivity index (χ4n) is 3.14. The number of likely N-dealkylation sites (tertiary alicyclic amines) is 1. The van der Waals surface area contributed by atoms with Crippen molar-refractivity contribution in [1.82, 2.24) is 4.90 Å². The second-order valence-electron chi connectivity index (χ2n) is 6.02. The lowest BCUT2D eigenvalue weighted by molar-refractivity contribution is 0.0176. The van der Waals surface area contributed by atoms with Crippen molar-refractivity contribution in [2.45, 2.75) is 31.6 Å². The van der Waals surface area contributed by atoms with Crippen molar-refractivity contribution in [2.24, 2.45) is 0 Å². The molecule has 124 valence electrons. The van der Waals surface area contributed by atoms with Gasteiger partial charge in [-0.15, -0.1) is 11.3 Å². The molecular formula is C17H19F2NO2S. The molecule has 0 atom stereocenters. The van der Waals surface area contributed by atoms with Crippen LogP contribution in [0.3, 0.4) is 0 Å². The average Bonchev–Trinajstić information content (AvgIpc) is 2.96. The van der Waals surface area contributed by atoms with E-state index >= 15 is 0 Å². The standard InChI is InChI=1S/C17H19F2NO2S/c1-17(18,19)12-3-4-13-14(10-23-15(13)9-12)11-5-7-20(8-6-11)16(21)22-2/h3-4,9-11H,5-8H2,1-2H3. The molecule has 1 aromatic carbocycles. The van der Waals surface area contributed by atoms with E-state index in [9.17, 15) is 13.6 Å². The van der Waals surface area contributed by atoms with E-state index in [2.05, 4.69) is 5.38 Å². The molecule has 1 amide bonds. The highest BCUT2D eigenvalue weighted by Gasteiger charge is 2.27. The third kappa shape index (κ3) is 3.17.